The van der Waals surface area contributed by atoms with E-state index in [1.165, 1.54) is 0 Å². The number of aryl methyl sites for hydroxylation is 2. The van der Waals surface area contributed by atoms with Gasteiger partial charge in [0.1, 0.15) is 23.8 Å². The van der Waals surface area contributed by atoms with E-state index in [0.717, 1.165) is 32.3 Å². The fourth-order valence-electron chi connectivity index (χ4n) is 4.76. The SMILES string of the molecule is COc1cc(C)c(C(C)NC(=O)CN(c2ccc(Oc3ccccc3)cc2)S(=O)(=O)c2ccc(C)cc2)cc1C(C)C. The molecule has 0 aliphatic rings. The van der Waals surface area contributed by atoms with Crippen molar-refractivity contribution in [3.63, 3.8) is 0 Å². The molecule has 8 heteroatoms. The topological polar surface area (TPSA) is 84.9 Å². The summed E-state index contributed by atoms with van der Waals surface area (Å²) in [6, 6.07) is 26.2. The van der Waals surface area contributed by atoms with Gasteiger partial charge in [0.15, 0.2) is 0 Å². The number of ether oxygens (including phenoxy) is 2. The van der Waals surface area contributed by atoms with Gasteiger partial charge in [0.05, 0.1) is 23.7 Å². The molecule has 0 aromatic heterocycles. The molecular formula is C34H38N2O5S. The van der Waals surface area contributed by atoms with E-state index in [9.17, 15) is 13.2 Å². The second kappa shape index (κ2) is 13.1. The number of nitrogens with one attached hydrogen (secondary N) is 1. The first-order chi connectivity index (χ1) is 20.0. The maximum absolute atomic E-state index is 13.9. The van der Waals surface area contributed by atoms with Crippen LogP contribution in [0.1, 0.15) is 55.0 Å². The molecule has 0 aliphatic carbocycles. The largest absolute Gasteiger partial charge is 0.496 e. The Hall–Kier alpha value is -4.30. The fourth-order valence-corrected chi connectivity index (χ4v) is 6.18. The van der Waals surface area contributed by atoms with E-state index in [1.54, 1.807) is 55.6 Å². The van der Waals surface area contributed by atoms with Crippen molar-refractivity contribution in [2.24, 2.45) is 0 Å². The number of para-hydroxylation sites is 1. The van der Waals surface area contributed by atoms with Crippen LogP contribution in [0.3, 0.4) is 0 Å². The summed E-state index contributed by atoms with van der Waals surface area (Å²) in [5, 5.41) is 3.01. The van der Waals surface area contributed by atoms with Crippen molar-refractivity contribution in [2.45, 2.75) is 51.5 Å². The van der Waals surface area contributed by atoms with Gasteiger partial charge in [0, 0.05) is 0 Å². The number of nitrogens with zero attached hydrogens (tertiary/aromatic N) is 1. The molecule has 0 bridgehead atoms. The summed E-state index contributed by atoms with van der Waals surface area (Å²) in [5.74, 6) is 1.82. The number of benzene rings is 4. The van der Waals surface area contributed by atoms with Crippen LogP contribution in [0.15, 0.2) is 95.9 Å². The molecule has 1 unspecified atom stereocenters. The molecule has 0 fully saturated rings. The van der Waals surface area contributed by atoms with E-state index < -0.39 is 22.5 Å². The van der Waals surface area contributed by atoms with Crippen LogP contribution in [-0.4, -0.2) is 28.0 Å². The smallest absolute Gasteiger partial charge is 0.264 e. The molecule has 0 saturated carbocycles. The first kappa shape index (κ1) is 30.7. The van der Waals surface area contributed by atoms with Crippen molar-refractivity contribution >= 4 is 21.6 Å². The van der Waals surface area contributed by atoms with E-state index in [4.69, 9.17) is 9.47 Å². The average molecular weight is 587 g/mol. The lowest BCUT2D eigenvalue weighted by Gasteiger charge is -2.26. The number of methoxy groups -OCH3 is 1. The minimum atomic E-state index is -4.06. The molecule has 4 aromatic rings. The van der Waals surface area contributed by atoms with Gasteiger partial charge in [0.2, 0.25) is 5.91 Å². The lowest BCUT2D eigenvalue weighted by atomic mass is 9.93. The van der Waals surface area contributed by atoms with E-state index >= 15 is 0 Å². The van der Waals surface area contributed by atoms with Gasteiger partial charge in [-0.1, -0.05) is 49.7 Å². The van der Waals surface area contributed by atoms with Gasteiger partial charge in [-0.3, -0.25) is 9.10 Å². The molecular weight excluding hydrogens is 548 g/mol. The molecule has 0 heterocycles. The van der Waals surface area contributed by atoms with Gasteiger partial charge in [-0.2, -0.15) is 0 Å². The second-order valence-electron chi connectivity index (χ2n) is 10.6. The molecule has 1 amide bonds. The third-order valence-corrected chi connectivity index (χ3v) is 8.87. The molecule has 0 spiro atoms. The maximum Gasteiger partial charge on any atom is 0.264 e. The van der Waals surface area contributed by atoms with E-state index in [-0.39, 0.29) is 16.9 Å². The Morgan fingerprint density at radius 2 is 1.45 bits per heavy atom. The molecule has 0 saturated heterocycles. The summed E-state index contributed by atoms with van der Waals surface area (Å²) >= 11 is 0. The zero-order valence-electron chi connectivity index (χ0n) is 24.9. The summed E-state index contributed by atoms with van der Waals surface area (Å²) < 4.78 is 40.3. The van der Waals surface area contributed by atoms with E-state index in [2.05, 4.69) is 25.2 Å². The highest BCUT2D eigenvalue weighted by Gasteiger charge is 2.28. The van der Waals surface area contributed by atoms with Crippen molar-refractivity contribution in [1.29, 1.82) is 0 Å². The van der Waals surface area contributed by atoms with Crippen LogP contribution in [0.5, 0.6) is 17.2 Å². The second-order valence-corrected chi connectivity index (χ2v) is 12.5. The van der Waals surface area contributed by atoms with Crippen LogP contribution >= 0.6 is 0 Å². The van der Waals surface area contributed by atoms with E-state index in [0.29, 0.717) is 17.2 Å². The van der Waals surface area contributed by atoms with Crippen molar-refractivity contribution < 1.29 is 22.7 Å². The Balaban J connectivity index is 1.62. The molecule has 0 radical (unpaired) electrons. The summed E-state index contributed by atoms with van der Waals surface area (Å²) in [5.41, 5.74) is 4.25. The van der Waals surface area contributed by atoms with Gasteiger partial charge in [0.25, 0.3) is 10.0 Å². The quantitative estimate of drug-likeness (QED) is 0.199. The molecule has 1 N–H and O–H groups in total. The summed E-state index contributed by atoms with van der Waals surface area (Å²) in [7, 11) is -2.41. The molecule has 1 atom stereocenters. The highest BCUT2D eigenvalue weighted by molar-refractivity contribution is 7.92. The van der Waals surface area contributed by atoms with Crippen LogP contribution in [-0.2, 0) is 14.8 Å². The minimum Gasteiger partial charge on any atom is -0.496 e. The number of hydrogen-bond donors (Lipinski definition) is 1. The Morgan fingerprint density at radius 3 is 2.05 bits per heavy atom. The Kier molecular flexibility index (Phi) is 9.58. The van der Waals surface area contributed by atoms with Crippen LogP contribution < -0.4 is 19.1 Å². The summed E-state index contributed by atoms with van der Waals surface area (Å²) in [6.45, 7) is 9.53. The van der Waals surface area contributed by atoms with Crippen molar-refractivity contribution in [1.82, 2.24) is 5.32 Å². The zero-order chi connectivity index (χ0) is 30.4. The first-order valence-corrected chi connectivity index (χ1v) is 15.3. The third-order valence-electron chi connectivity index (χ3n) is 7.08. The van der Waals surface area contributed by atoms with Gasteiger partial charge in [-0.25, -0.2) is 8.42 Å². The van der Waals surface area contributed by atoms with Crippen LogP contribution in [0.2, 0.25) is 0 Å². The molecule has 0 aliphatic heterocycles. The molecule has 7 nitrogen and oxygen atoms in total. The predicted molar refractivity (Wildman–Crippen MR) is 167 cm³/mol. The predicted octanol–water partition coefficient (Wildman–Crippen LogP) is 7.30. The van der Waals surface area contributed by atoms with Gasteiger partial charge < -0.3 is 14.8 Å². The normalized spacial score (nSPS) is 12.1. The molecule has 4 rings (SSSR count). The molecule has 220 valence electrons. The van der Waals surface area contributed by atoms with Crippen LogP contribution in [0, 0.1) is 13.8 Å². The number of hydrogen-bond acceptors (Lipinski definition) is 5. The number of carbonyl (C=O) groups excluding carboxylic acids is 1. The van der Waals surface area contributed by atoms with Crippen molar-refractivity contribution in [3.8, 4) is 17.2 Å². The Morgan fingerprint density at radius 1 is 0.833 bits per heavy atom. The van der Waals surface area contributed by atoms with Gasteiger partial charge >= 0.3 is 0 Å². The standard InChI is InChI=1S/C34H38N2O5S/c1-23(2)31-21-32(25(4)20-33(31)40-6)26(5)35-34(37)22-36(42(38,39)30-18-12-24(3)13-19-30)27-14-16-29(17-15-27)41-28-10-8-7-9-11-28/h7-21,23,26H,22H2,1-6H3,(H,35,37). The summed E-state index contributed by atoms with van der Waals surface area (Å²) in [6.07, 6.45) is 0. The Bertz CT molecular complexity index is 1620. The number of anilines is 1. The molecule has 42 heavy (non-hydrogen) atoms. The average Bonchev–Trinajstić information content (AvgIpc) is 2.96. The Labute approximate surface area is 249 Å². The van der Waals surface area contributed by atoms with Gasteiger partial charge in [-0.15, -0.1) is 0 Å². The maximum atomic E-state index is 13.9. The number of rotatable bonds is 11. The number of carbonyl (C=O) groups is 1. The highest BCUT2D eigenvalue weighted by Crippen LogP contribution is 2.32. The van der Waals surface area contributed by atoms with Crippen LogP contribution in [0.25, 0.3) is 0 Å². The lowest BCUT2D eigenvalue weighted by molar-refractivity contribution is -0.120. The fraction of sp³-hybridized carbons (Fsp3) is 0.265. The number of amides is 1. The third kappa shape index (κ3) is 7.12. The minimum absolute atomic E-state index is 0.103. The first-order valence-electron chi connectivity index (χ1n) is 13.9. The van der Waals surface area contributed by atoms with Crippen LogP contribution in [0.4, 0.5) is 5.69 Å². The lowest BCUT2D eigenvalue weighted by Crippen LogP contribution is -2.41. The highest BCUT2D eigenvalue weighted by atomic mass is 32.2. The van der Waals surface area contributed by atoms with Gasteiger partial charge in [-0.05, 0) is 104 Å². The van der Waals surface area contributed by atoms with Crippen molar-refractivity contribution in [3.05, 3.63) is 113 Å². The molecule has 4 aromatic carbocycles. The van der Waals surface area contributed by atoms with Crippen molar-refractivity contribution in [2.75, 3.05) is 18.0 Å². The number of sulfonamides is 1. The van der Waals surface area contributed by atoms with E-state index in [1.807, 2.05) is 57.2 Å². The monoisotopic (exact) mass is 586 g/mol. The zero-order valence-corrected chi connectivity index (χ0v) is 25.7. The summed E-state index contributed by atoms with van der Waals surface area (Å²) in [4.78, 5) is 13.5.